The summed E-state index contributed by atoms with van der Waals surface area (Å²) in [6.07, 6.45) is 4.02. The predicted molar refractivity (Wildman–Crippen MR) is 84.8 cm³/mol. The molecule has 4 nitrogen and oxygen atoms in total. The van der Waals surface area contributed by atoms with E-state index in [1.54, 1.807) is 6.07 Å². The van der Waals surface area contributed by atoms with Crippen molar-refractivity contribution in [1.82, 2.24) is 0 Å². The number of nitrogens with one attached hydrogen (secondary N) is 1. The molecule has 0 unspecified atom stereocenters. The third kappa shape index (κ3) is 4.06. The second-order valence-corrected chi connectivity index (χ2v) is 7.96. The van der Waals surface area contributed by atoms with E-state index in [9.17, 15) is 9.59 Å². The molecule has 1 aliphatic carbocycles. The molecule has 0 atom stereocenters. The van der Waals surface area contributed by atoms with Crippen LogP contribution in [-0.2, 0) is 4.79 Å². The van der Waals surface area contributed by atoms with E-state index in [2.05, 4.69) is 26.1 Å². The zero-order valence-corrected chi connectivity index (χ0v) is 13.6. The van der Waals surface area contributed by atoms with E-state index in [0.717, 1.165) is 37.0 Å². The highest BCUT2D eigenvalue weighted by atomic mass is 32.1. The van der Waals surface area contributed by atoms with Crippen LogP contribution in [0.15, 0.2) is 12.1 Å². The summed E-state index contributed by atoms with van der Waals surface area (Å²) < 4.78 is 0. The molecule has 1 aromatic heterocycles. The minimum Gasteiger partial charge on any atom is -0.477 e. The maximum absolute atomic E-state index is 12.3. The quantitative estimate of drug-likeness (QED) is 0.877. The van der Waals surface area contributed by atoms with E-state index < -0.39 is 5.97 Å². The third-order valence-electron chi connectivity index (χ3n) is 4.39. The maximum atomic E-state index is 12.3. The van der Waals surface area contributed by atoms with E-state index in [1.807, 2.05) is 0 Å². The smallest absolute Gasteiger partial charge is 0.345 e. The first-order chi connectivity index (χ1) is 9.77. The highest BCUT2D eigenvalue weighted by molar-refractivity contribution is 7.18. The Bertz CT molecular complexity index is 522. The fraction of sp³-hybridized carbons (Fsp3) is 0.625. The van der Waals surface area contributed by atoms with Gasteiger partial charge in [-0.2, -0.15) is 0 Å². The van der Waals surface area contributed by atoms with Crippen LogP contribution < -0.4 is 5.32 Å². The van der Waals surface area contributed by atoms with Gasteiger partial charge in [0.15, 0.2) is 0 Å². The predicted octanol–water partition coefficient (Wildman–Crippen LogP) is 4.24. The molecule has 1 aliphatic rings. The molecule has 21 heavy (non-hydrogen) atoms. The standard InChI is InChI=1S/C16H23NO3S/c1-16(2,3)11-6-4-10(5-7-11)14(18)17-13-9-8-12(21-13)15(19)20/h8-11H,4-7H2,1-3H3,(H,17,18)(H,19,20). The first-order valence-electron chi connectivity index (χ1n) is 7.41. The highest BCUT2D eigenvalue weighted by Crippen LogP contribution is 2.40. The Kier molecular flexibility index (Phi) is 4.71. The van der Waals surface area contributed by atoms with Crippen LogP contribution in [0.4, 0.5) is 5.00 Å². The topological polar surface area (TPSA) is 66.4 Å². The number of aromatic carboxylic acids is 1. The molecule has 0 bridgehead atoms. The lowest BCUT2D eigenvalue weighted by Gasteiger charge is -2.36. The van der Waals surface area contributed by atoms with Crippen molar-refractivity contribution >= 4 is 28.2 Å². The van der Waals surface area contributed by atoms with Crippen molar-refractivity contribution in [3.05, 3.63) is 17.0 Å². The van der Waals surface area contributed by atoms with E-state index in [0.29, 0.717) is 16.3 Å². The molecule has 1 saturated carbocycles. The van der Waals surface area contributed by atoms with Gasteiger partial charge in [-0.1, -0.05) is 20.8 Å². The summed E-state index contributed by atoms with van der Waals surface area (Å²) in [6, 6.07) is 3.19. The van der Waals surface area contributed by atoms with Crippen LogP contribution in [0.25, 0.3) is 0 Å². The number of carboxylic acids is 1. The molecule has 0 spiro atoms. The molecule has 0 saturated heterocycles. The Hall–Kier alpha value is -1.36. The normalized spacial score (nSPS) is 22.8. The molecule has 0 radical (unpaired) electrons. The van der Waals surface area contributed by atoms with Crippen LogP contribution in [0.2, 0.25) is 0 Å². The van der Waals surface area contributed by atoms with Gasteiger partial charge in [-0.25, -0.2) is 4.79 Å². The Labute approximate surface area is 129 Å². The summed E-state index contributed by atoms with van der Waals surface area (Å²) in [5.41, 5.74) is 0.311. The molecule has 1 heterocycles. The number of rotatable bonds is 3. The van der Waals surface area contributed by atoms with Crippen molar-refractivity contribution in [2.24, 2.45) is 17.3 Å². The van der Waals surface area contributed by atoms with Crippen LogP contribution in [0, 0.1) is 17.3 Å². The fourth-order valence-electron chi connectivity index (χ4n) is 2.97. The van der Waals surface area contributed by atoms with Crippen molar-refractivity contribution in [3.63, 3.8) is 0 Å². The van der Waals surface area contributed by atoms with Crippen molar-refractivity contribution in [2.45, 2.75) is 46.5 Å². The second kappa shape index (κ2) is 6.18. The average Bonchev–Trinajstić information content (AvgIpc) is 2.86. The molecule has 1 aromatic rings. The summed E-state index contributed by atoms with van der Waals surface area (Å²) in [7, 11) is 0. The number of anilines is 1. The average molecular weight is 309 g/mol. The van der Waals surface area contributed by atoms with E-state index in [-0.39, 0.29) is 16.7 Å². The van der Waals surface area contributed by atoms with E-state index in [1.165, 1.54) is 6.07 Å². The number of hydrogen-bond donors (Lipinski definition) is 2. The SMILES string of the molecule is CC(C)(C)C1CCC(C(=O)Nc2ccc(C(=O)O)s2)CC1. The summed E-state index contributed by atoms with van der Waals surface area (Å²) in [5.74, 6) is -0.187. The number of carbonyl (C=O) groups is 2. The Morgan fingerprint density at radius 1 is 1.19 bits per heavy atom. The number of carboxylic acid groups (broad SMARTS) is 1. The Morgan fingerprint density at radius 3 is 2.29 bits per heavy atom. The highest BCUT2D eigenvalue weighted by Gasteiger charge is 2.32. The van der Waals surface area contributed by atoms with Crippen LogP contribution in [0.1, 0.15) is 56.1 Å². The summed E-state index contributed by atoms with van der Waals surface area (Å²) >= 11 is 1.11. The largest absolute Gasteiger partial charge is 0.477 e. The molecule has 0 aliphatic heterocycles. The van der Waals surface area contributed by atoms with Gasteiger partial charge in [0, 0.05) is 5.92 Å². The third-order valence-corrected chi connectivity index (χ3v) is 5.37. The van der Waals surface area contributed by atoms with Gasteiger partial charge in [-0.15, -0.1) is 11.3 Å². The van der Waals surface area contributed by atoms with Crippen LogP contribution in [0.3, 0.4) is 0 Å². The Balaban J connectivity index is 1.88. The second-order valence-electron chi connectivity index (χ2n) is 6.87. The van der Waals surface area contributed by atoms with Crippen LogP contribution in [-0.4, -0.2) is 17.0 Å². The Morgan fingerprint density at radius 2 is 1.81 bits per heavy atom. The van der Waals surface area contributed by atoms with Crippen LogP contribution >= 0.6 is 11.3 Å². The first kappa shape index (κ1) is 16.0. The summed E-state index contributed by atoms with van der Waals surface area (Å²) in [4.78, 5) is 23.3. The summed E-state index contributed by atoms with van der Waals surface area (Å²) in [5, 5.41) is 12.4. The van der Waals surface area contributed by atoms with E-state index in [4.69, 9.17) is 5.11 Å². The molecule has 1 fully saturated rings. The van der Waals surface area contributed by atoms with Gasteiger partial charge in [0.25, 0.3) is 0 Å². The molecule has 1 amide bonds. The monoisotopic (exact) mass is 309 g/mol. The molecular formula is C16H23NO3S. The minimum absolute atomic E-state index is 0.0288. The van der Waals surface area contributed by atoms with Gasteiger partial charge in [0.2, 0.25) is 5.91 Å². The fourth-order valence-corrected chi connectivity index (χ4v) is 3.71. The van der Waals surface area contributed by atoms with E-state index >= 15 is 0 Å². The lowest BCUT2D eigenvalue weighted by Crippen LogP contribution is -2.31. The van der Waals surface area contributed by atoms with Crippen molar-refractivity contribution in [1.29, 1.82) is 0 Å². The molecule has 116 valence electrons. The zero-order chi connectivity index (χ0) is 15.6. The van der Waals surface area contributed by atoms with Gasteiger partial charge in [0.1, 0.15) is 4.88 Å². The number of carbonyl (C=O) groups excluding carboxylic acids is 1. The molecule has 2 N–H and O–H groups in total. The number of amides is 1. The number of thiophene rings is 1. The molecule has 2 rings (SSSR count). The van der Waals surface area contributed by atoms with Crippen LogP contribution in [0.5, 0.6) is 0 Å². The van der Waals surface area contributed by atoms with Gasteiger partial charge in [0.05, 0.1) is 5.00 Å². The minimum atomic E-state index is -0.953. The summed E-state index contributed by atoms with van der Waals surface area (Å²) in [6.45, 7) is 6.78. The van der Waals surface area contributed by atoms with Gasteiger partial charge < -0.3 is 10.4 Å². The van der Waals surface area contributed by atoms with Gasteiger partial charge in [-0.05, 0) is 49.1 Å². The molecular weight excluding hydrogens is 286 g/mol. The zero-order valence-electron chi connectivity index (χ0n) is 12.8. The first-order valence-corrected chi connectivity index (χ1v) is 8.23. The lowest BCUT2D eigenvalue weighted by atomic mass is 9.70. The molecule has 5 heteroatoms. The van der Waals surface area contributed by atoms with Gasteiger partial charge >= 0.3 is 5.97 Å². The lowest BCUT2D eigenvalue weighted by molar-refractivity contribution is -0.121. The maximum Gasteiger partial charge on any atom is 0.345 e. The van der Waals surface area contributed by atoms with Crippen molar-refractivity contribution in [2.75, 3.05) is 5.32 Å². The van der Waals surface area contributed by atoms with Crippen molar-refractivity contribution in [3.8, 4) is 0 Å². The van der Waals surface area contributed by atoms with Crippen molar-refractivity contribution < 1.29 is 14.7 Å². The van der Waals surface area contributed by atoms with Gasteiger partial charge in [-0.3, -0.25) is 4.79 Å². The number of hydrogen-bond acceptors (Lipinski definition) is 3. The molecule has 0 aromatic carbocycles.